The highest BCUT2D eigenvalue weighted by atomic mass is 15.2. The molecule has 1 saturated heterocycles. The summed E-state index contributed by atoms with van der Waals surface area (Å²) < 4.78 is 0. The summed E-state index contributed by atoms with van der Waals surface area (Å²) >= 11 is 0. The van der Waals surface area contributed by atoms with Crippen molar-refractivity contribution in [1.29, 1.82) is 0 Å². The summed E-state index contributed by atoms with van der Waals surface area (Å²) in [6.07, 6.45) is 12.5. The van der Waals surface area contributed by atoms with Crippen molar-refractivity contribution < 1.29 is 0 Å². The Morgan fingerprint density at radius 3 is 2.02 bits per heavy atom. The summed E-state index contributed by atoms with van der Waals surface area (Å²) in [4.78, 5) is 18.0. The molecule has 6 rings (SSSR count). The fourth-order valence-electron chi connectivity index (χ4n) is 5.13. The molecule has 1 aliphatic carbocycles. The van der Waals surface area contributed by atoms with Gasteiger partial charge in [0.15, 0.2) is 0 Å². The third-order valence-electron chi connectivity index (χ3n) is 7.73. The molecule has 0 atom stereocenters. The predicted molar refractivity (Wildman–Crippen MR) is 184 cm³/mol. The fraction of sp³-hybridized carbons (Fsp3) is 0.378. The normalized spacial score (nSPS) is 15.0. The number of pyridine rings is 1. The van der Waals surface area contributed by atoms with E-state index >= 15 is 0 Å². The quantitative estimate of drug-likeness (QED) is 0.235. The van der Waals surface area contributed by atoms with E-state index < -0.39 is 0 Å². The molecule has 7 nitrogen and oxygen atoms in total. The molecule has 2 aromatic carbocycles. The number of hydrogen-bond donors (Lipinski definition) is 2. The van der Waals surface area contributed by atoms with Gasteiger partial charge in [0, 0.05) is 61.9 Å². The summed E-state index contributed by atoms with van der Waals surface area (Å²) in [7, 11) is 2.18. The zero-order valence-corrected chi connectivity index (χ0v) is 26.6. The van der Waals surface area contributed by atoms with E-state index in [1.165, 1.54) is 44.1 Å². The maximum absolute atomic E-state index is 6.30. The standard InChI is InChI=1S/C29H29N7.C6H12.C2H6/c1-35-16-18-36(19-17-35)21-23-5-10-24(11-6-23)27-20-32-29(34-28(27)30)33-26-13-8-22(9-14-26)7-12-25-4-2-3-15-31-25;1-2-4-6-5-3-1;1-2/h2-6,8-11,13-15,20H,16-19,21H2,1H3,(H3,30,32,33,34);1-6H2;1-2H3. The minimum atomic E-state index is 0.442. The van der Waals surface area contributed by atoms with E-state index in [2.05, 4.69) is 73.2 Å². The number of nitrogen functional groups attached to an aromatic ring is 1. The molecular weight excluding hydrogens is 542 g/mol. The number of anilines is 3. The van der Waals surface area contributed by atoms with Gasteiger partial charge in [-0.3, -0.25) is 4.90 Å². The summed E-state index contributed by atoms with van der Waals surface area (Å²) in [6, 6.07) is 22.0. The van der Waals surface area contributed by atoms with Gasteiger partial charge in [-0.25, -0.2) is 9.97 Å². The molecule has 3 heterocycles. The number of nitrogens with zero attached hydrogens (tertiary/aromatic N) is 5. The first-order chi connectivity index (χ1) is 21.6. The Balaban J connectivity index is 0.000000487. The van der Waals surface area contributed by atoms with Crippen molar-refractivity contribution >= 4 is 17.5 Å². The van der Waals surface area contributed by atoms with Gasteiger partial charge in [0.1, 0.15) is 11.5 Å². The van der Waals surface area contributed by atoms with Crippen LogP contribution in [-0.2, 0) is 6.54 Å². The Labute approximate surface area is 264 Å². The molecule has 4 aromatic rings. The number of benzene rings is 2. The van der Waals surface area contributed by atoms with Crippen LogP contribution < -0.4 is 11.1 Å². The van der Waals surface area contributed by atoms with Crippen molar-refractivity contribution in [2.75, 3.05) is 44.3 Å². The topological polar surface area (TPSA) is 83.2 Å². The van der Waals surface area contributed by atoms with E-state index in [1.54, 1.807) is 12.4 Å². The van der Waals surface area contributed by atoms with Gasteiger partial charge < -0.3 is 16.0 Å². The third kappa shape index (κ3) is 10.5. The van der Waals surface area contributed by atoms with E-state index in [9.17, 15) is 0 Å². The smallest absolute Gasteiger partial charge is 0.229 e. The van der Waals surface area contributed by atoms with Gasteiger partial charge in [0.2, 0.25) is 5.95 Å². The van der Waals surface area contributed by atoms with Gasteiger partial charge in [-0.1, -0.05) is 88.6 Å². The maximum Gasteiger partial charge on any atom is 0.229 e. The highest BCUT2D eigenvalue weighted by Gasteiger charge is 2.14. The minimum absolute atomic E-state index is 0.442. The third-order valence-corrected chi connectivity index (χ3v) is 7.73. The van der Waals surface area contributed by atoms with Gasteiger partial charge in [0.25, 0.3) is 0 Å². The molecule has 0 unspecified atom stereocenters. The summed E-state index contributed by atoms with van der Waals surface area (Å²) in [6.45, 7) is 9.42. The average molecular weight is 590 g/mol. The lowest BCUT2D eigenvalue weighted by atomic mass is 10.0. The molecule has 0 radical (unpaired) electrons. The van der Waals surface area contributed by atoms with Crippen molar-refractivity contribution in [3.05, 3.63) is 95.9 Å². The van der Waals surface area contributed by atoms with E-state index in [0.29, 0.717) is 11.8 Å². The predicted octanol–water partition coefficient (Wildman–Crippen LogP) is 7.38. The molecule has 3 N–H and O–H groups in total. The molecule has 1 aliphatic heterocycles. The molecule has 44 heavy (non-hydrogen) atoms. The number of piperazine rings is 1. The molecule has 7 heteroatoms. The van der Waals surface area contributed by atoms with Gasteiger partial charge in [0.05, 0.1) is 0 Å². The largest absolute Gasteiger partial charge is 0.383 e. The van der Waals surface area contributed by atoms with Crippen molar-refractivity contribution in [3.63, 3.8) is 0 Å². The van der Waals surface area contributed by atoms with Crippen LogP contribution in [0.25, 0.3) is 11.1 Å². The molecule has 230 valence electrons. The second-order valence-corrected chi connectivity index (χ2v) is 11.1. The number of nitrogens with two attached hydrogens (primary N) is 1. The minimum Gasteiger partial charge on any atom is -0.383 e. The Morgan fingerprint density at radius 1 is 0.773 bits per heavy atom. The monoisotopic (exact) mass is 589 g/mol. The van der Waals surface area contributed by atoms with Gasteiger partial charge in [-0.2, -0.15) is 4.98 Å². The lowest BCUT2D eigenvalue weighted by molar-refractivity contribution is 0.148. The number of likely N-dealkylation sites (N-methyl/N-ethyl adjacent to an activating group) is 1. The van der Waals surface area contributed by atoms with Crippen molar-refractivity contribution in [1.82, 2.24) is 24.8 Å². The van der Waals surface area contributed by atoms with Crippen LogP contribution in [-0.4, -0.2) is 58.0 Å². The number of hydrogen-bond acceptors (Lipinski definition) is 7. The van der Waals surface area contributed by atoms with Crippen LogP contribution in [0.5, 0.6) is 0 Å². The van der Waals surface area contributed by atoms with Gasteiger partial charge in [-0.05, 0) is 60.5 Å². The molecule has 0 bridgehead atoms. The molecule has 1 saturated carbocycles. The van der Waals surface area contributed by atoms with E-state index in [4.69, 9.17) is 5.73 Å². The summed E-state index contributed by atoms with van der Waals surface area (Å²) in [5, 5.41) is 3.21. The molecule has 0 spiro atoms. The molecular formula is C37H47N7. The Morgan fingerprint density at radius 2 is 1.43 bits per heavy atom. The van der Waals surface area contributed by atoms with Crippen LogP contribution >= 0.6 is 0 Å². The molecule has 0 amide bonds. The number of nitrogens with one attached hydrogen (secondary N) is 1. The maximum atomic E-state index is 6.30. The highest BCUT2D eigenvalue weighted by molar-refractivity contribution is 5.74. The molecule has 2 aliphatic rings. The van der Waals surface area contributed by atoms with E-state index in [0.717, 1.165) is 60.8 Å². The fourth-order valence-corrected chi connectivity index (χ4v) is 5.13. The first-order valence-electron chi connectivity index (χ1n) is 16.1. The number of rotatable bonds is 5. The second-order valence-electron chi connectivity index (χ2n) is 11.1. The van der Waals surface area contributed by atoms with Gasteiger partial charge >= 0.3 is 0 Å². The lowest BCUT2D eigenvalue weighted by Gasteiger charge is -2.32. The van der Waals surface area contributed by atoms with E-state index in [1.807, 2.05) is 56.3 Å². The zero-order valence-electron chi connectivity index (χ0n) is 26.6. The average Bonchev–Trinajstić information content (AvgIpc) is 3.09. The lowest BCUT2D eigenvalue weighted by Crippen LogP contribution is -2.43. The highest BCUT2D eigenvalue weighted by Crippen LogP contribution is 2.26. The van der Waals surface area contributed by atoms with E-state index in [-0.39, 0.29) is 0 Å². The van der Waals surface area contributed by atoms with Crippen molar-refractivity contribution in [2.45, 2.75) is 58.9 Å². The Bertz CT molecular complexity index is 1430. The molecule has 2 fully saturated rings. The first kappa shape index (κ1) is 32.7. The van der Waals surface area contributed by atoms with Crippen LogP contribution in [0.3, 0.4) is 0 Å². The molecule has 2 aromatic heterocycles. The first-order valence-corrected chi connectivity index (χ1v) is 16.1. The number of aromatic nitrogens is 3. The van der Waals surface area contributed by atoms with Crippen LogP contribution in [0.2, 0.25) is 0 Å². The van der Waals surface area contributed by atoms with Crippen LogP contribution in [0.4, 0.5) is 17.5 Å². The Hall–Kier alpha value is -4.25. The van der Waals surface area contributed by atoms with Gasteiger partial charge in [-0.15, -0.1) is 0 Å². The summed E-state index contributed by atoms with van der Waals surface area (Å²) in [5.41, 5.74) is 11.9. The van der Waals surface area contributed by atoms with Crippen molar-refractivity contribution in [2.24, 2.45) is 0 Å². The van der Waals surface area contributed by atoms with Crippen LogP contribution in [0, 0.1) is 11.8 Å². The van der Waals surface area contributed by atoms with Crippen molar-refractivity contribution in [3.8, 4) is 23.0 Å². The zero-order chi connectivity index (χ0) is 31.0. The SMILES string of the molecule is C1CCCCC1.CC.CN1CCN(Cc2ccc(-c3cnc(Nc4ccc(C#Cc5ccccn5)cc4)nc3N)cc2)CC1. The van der Waals surface area contributed by atoms with Crippen LogP contribution in [0.15, 0.2) is 79.1 Å². The Kier molecular flexibility index (Phi) is 13.2. The summed E-state index contributed by atoms with van der Waals surface area (Å²) in [5.74, 6) is 7.07. The van der Waals surface area contributed by atoms with Crippen LogP contribution in [0.1, 0.15) is 69.2 Å². The second kappa shape index (κ2) is 17.8.